The highest BCUT2D eigenvalue weighted by Crippen LogP contribution is 2.40. The Morgan fingerprint density at radius 1 is 0.821 bits per heavy atom. The number of ether oxygens (including phenoxy) is 2. The molecule has 0 spiro atoms. The van der Waals surface area contributed by atoms with Crippen LogP contribution in [-0.4, -0.2) is 45.9 Å². The number of H-pyrrole nitrogens is 3. The number of halogens is 1. The summed E-state index contributed by atoms with van der Waals surface area (Å²) >= 11 is 0. The molecule has 39 heavy (non-hydrogen) atoms. The van der Waals surface area contributed by atoms with Gasteiger partial charge < -0.3 is 24.4 Å². The van der Waals surface area contributed by atoms with E-state index in [1.807, 2.05) is 13.8 Å². The minimum absolute atomic E-state index is 0.190. The van der Waals surface area contributed by atoms with Gasteiger partial charge in [0.25, 0.3) is 0 Å². The number of hydrogen-bond acceptors (Lipinski definition) is 5. The van der Waals surface area contributed by atoms with E-state index in [0.29, 0.717) is 33.5 Å². The number of esters is 2. The second-order valence-corrected chi connectivity index (χ2v) is 9.70. The van der Waals surface area contributed by atoms with Crippen LogP contribution in [-0.2, 0) is 15.9 Å². The average Bonchev–Trinajstić information content (AvgIpc) is 3.53. The summed E-state index contributed by atoms with van der Waals surface area (Å²) in [6.45, 7) is 10.9. The molecule has 5 aromatic rings. The zero-order valence-corrected chi connectivity index (χ0v) is 22.8. The van der Waals surface area contributed by atoms with Gasteiger partial charge in [-0.2, -0.15) is 0 Å². The van der Waals surface area contributed by atoms with Gasteiger partial charge in [-0.15, -0.1) is 0 Å². The van der Waals surface area contributed by atoms with E-state index in [-0.39, 0.29) is 36.9 Å². The number of hydrogen-bond donors (Lipinski definition) is 3. The fraction of sp³-hybridized carbons (Fsp3) is 0.300. The lowest BCUT2D eigenvalue weighted by molar-refractivity contribution is 0.0510. The minimum atomic E-state index is -0.536. The Morgan fingerprint density at radius 3 is 2.08 bits per heavy atom. The topological polar surface area (TPSA) is 117 Å². The lowest BCUT2D eigenvalue weighted by atomic mass is 9.93. The molecular weight excluding hydrogens is 501 g/mol. The summed E-state index contributed by atoms with van der Waals surface area (Å²) in [4.78, 5) is 48.1. The van der Waals surface area contributed by atoms with E-state index in [2.05, 4.69) is 15.0 Å². The number of benzene rings is 2. The van der Waals surface area contributed by atoms with Crippen molar-refractivity contribution in [2.45, 2.75) is 48.0 Å². The SMILES string of the molecule is CCOC(=O)c1[nH]c(Cc2c3[nH]c(C(=O)OCC)c(C)c3c(C)c3[nH]c4cc(F)ccc4c23)c(C(C)=O)c1C. The largest absolute Gasteiger partial charge is 0.461 e. The van der Waals surface area contributed by atoms with Gasteiger partial charge in [-0.25, -0.2) is 14.0 Å². The Balaban J connectivity index is 1.87. The van der Waals surface area contributed by atoms with Crippen molar-refractivity contribution < 1.29 is 28.2 Å². The van der Waals surface area contributed by atoms with E-state index in [1.165, 1.54) is 19.1 Å². The lowest BCUT2D eigenvalue weighted by Gasteiger charge is -2.11. The quantitative estimate of drug-likeness (QED) is 0.167. The highest BCUT2D eigenvalue weighted by atomic mass is 19.1. The van der Waals surface area contributed by atoms with Gasteiger partial charge in [0.2, 0.25) is 0 Å². The first-order valence-electron chi connectivity index (χ1n) is 12.9. The molecule has 8 nitrogen and oxygen atoms in total. The van der Waals surface area contributed by atoms with Gasteiger partial charge in [0, 0.05) is 39.4 Å². The number of rotatable bonds is 7. The molecule has 9 heteroatoms. The van der Waals surface area contributed by atoms with Gasteiger partial charge in [0.1, 0.15) is 17.2 Å². The summed E-state index contributed by atoms with van der Waals surface area (Å²) in [5.41, 5.74) is 6.63. The Kier molecular flexibility index (Phi) is 6.54. The van der Waals surface area contributed by atoms with Gasteiger partial charge in [-0.1, -0.05) is 0 Å². The fourth-order valence-electron chi connectivity index (χ4n) is 5.74. The smallest absolute Gasteiger partial charge is 0.355 e. The van der Waals surface area contributed by atoms with Gasteiger partial charge in [-0.3, -0.25) is 4.79 Å². The molecule has 5 rings (SSSR count). The Morgan fingerprint density at radius 2 is 1.46 bits per heavy atom. The number of aryl methyl sites for hydroxylation is 2. The van der Waals surface area contributed by atoms with Crippen LogP contribution in [0.2, 0.25) is 0 Å². The van der Waals surface area contributed by atoms with Crippen molar-refractivity contribution in [3.8, 4) is 0 Å². The van der Waals surface area contributed by atoms with Crippen LogP contribution < -0.4 is 0 Å². The van der Waals surface area contributed by atoms with Crippen LogP contribution in [0.3, 0.4) is 0 Å². The molecule has 0 saturated carbocycles. The predicted molar refractivity (Wildman–Crippen MR) is 147 cm³/mol. The summed E-state index contributed by atoms with van der Waals surface area (Å²) in [6, 6.07) is 4.57. The molecule has 0 aliphatic carbocycles. The van der Waals surface area contributed by atoms with Crippen molar-refractivity contribution >= 4 is 50.4 Å². The number of ketones is 1. The van der Waals surface area contributed by atoms with Crippen LogP contribution in [0.5, 0.6) is 0 Å². The molecule has 0 unspecified atom stereocenters. The van der Waals surface area contributed by atoms with Crippen LogP contribution in [0.15, 0.2) is 18.2 Å². The Bertz CT molecular complexity index is 1820. The van der Waals surface area contributed by atoms with Crippen LogP contribution in [0.1, 0.15) is 80.1 Å². The molecule has 2 aromatic carbocycles. The molecule has 0 aliphatic heterocycles. The molecule has 0 saturated heterocycles. The van der Waals surface area contributed by atoms with Crippen molar-refractivity contribution in [2.24, 2.45) is 0 Å². The maximum atomic E-state index is 14.2. The second kappa shape index (κ2) is 9.72. The molecule has 3 N–H and O–H groups in total. The van der Waals surface area contributed by atoms with Crippen LogP contribution in [0.4, 0.5) is 4.39 Å². The first kappa shape index (κ1) is 26.2. The minimum Gasteiger partial charge on any atom is -0.461 e. The van der Waals surface area contributed by atoms with E-state index < -0.39 is 11.9 Å². The third-order valence-electron chi connectivity index (χ3n) is 7.36. The van der Waals surface area contributed by atoms with E-state index in [0.717, 1.165) is 38.4 Å². The van der Waals surface area contributed by atoms with Crippen molar-refractivity contribution in [1.29, 1.82) is 0 Å². The van der Waals surface area contributed by atoms with Gasteiger partial charge in [0.05, 0.1) is 24.2 Å². The molecule has 202 valence electrons. The molecule has 3 heterocycles. The fourth-order valence-corrected chi connectivity index (χ4v) is 5.74. The normalized spacial score (nSPS) is 11.6. The van der Waals surface area contributed by atoms with E-state index in [9.17, 15) is 18.8 Å². The highest BCUT2D eigenvalue weighted by Gasteiger charge is 2.27. The third kappa shape index (κ3) is 4.09. The molecule has 0 radical (unpaired) electrons. The monoisotopic (exact) mass is 531 g/mol. The van der Waals surface area contributed by atoms with Crippen LogP contribution in [0, 0.1) is 26.6 Å². The van der Waals surface area contributed by atoms with Crippen LogP contribution in [0.25, 0.3) is 32.7 Å². The molecule has 0 atom stereocenters. The van der Waals surface area contributed by atoms with Gasteiger partial charge in [-0.05, 0) is 82.0 Å². The number of carbonyl (C=O) groups is 3. The summed E-state index contributed by atoms with van der Waals surface area (Å²) in [6.07, 6.45) is 0.231. The first-order chi connectivity index (χ1) is 18.6. The predicted octanol–water partition coefficient (Wildman–Crippen LogP) is 6.34. The molecule has 0 bridgehead atoms. The van der Waals surface area contributed by atoms with Crippen molar-refractivity contribution in [3.63, 3.8) is 0 Å². The first-order valence-corrected chi connectivity index (χ1v) is 12.9. The Hall–Kier alpha value is -4.40. The number of carbonyl (C=O) groups excluding carboxylic acids is 3. The van der Waals surface area contributed by atoms with E-state index in [4.69, 9.17) is 9.47 Å². The zero-order valence-electron chi connectivity index (χ0n) is 22.8. The average molecular weight is 532 g/mol. The number of nitrogens with one attached hydrogen (secondary N) is 3. The molecule has 3 aromatic heterocycles. The number of aromatic nitrogens is 3. The lowest BCUT2D eigenvalue weighted by Crippen LogP contribution is -2.07. The van der Waals surface area contributed by atoms with Gasteiger partial charge in [0.15, 0.2) is 5.78 Å². The standard InChI is InChI=1S/C30H30FN3O5/c1-7-38-29(36)26-15(5)23(16(6)35)21(33-26)12-19-24-18-10-9-17(31)11-20(18)32-25(24)13(3)22-14(4)27(34-28(19)22)30(37)39-8-2/h9-11,32-34H,7-8,12H2,1-6H3. The van der Waals surface area contributed by atoms with Crippen molar-refractivity contribution in [1.82, 2.24) is 15.0 Å². The van der Waals surface area contributed by atoms with Gasteiger partial charge >= 0.3 is 11.9 Å². The summed E-state index contributed by atoms with van der Waals surface area (Å²) in [5.74, 6) is -1.55. The molecule has 0 fully saturated rings. The Labute approximate surface area is 223 Å². The van der Waals surface area contributed by atoms with Crippen LogP contribution >= 0.6 is 0 Å². The maximum absolute atomic E-state index is 14.2. The number of fused-ring (bicyclic) bond motifs is 4. The molecular formula is C30H30FN3O5. The summed E-state index contributed by atoms with van der Waals surface area (Å²) in [5, 5.41) is 2.48. The zero-order chi connectivity index (χ0) is 28.2. The molecule has 0 amide bonds. The van der Waals surface area contributed by atoms with E-state index >= 15 is 0 Å². The summed E-state index contributed by atoms with van der Waals surface area (Å²) < 4.78 is 24.7. The van der Waals surface area contributed by atoms with E-state index in [1.54, 1.807) is 26.8 Å². The molecule has 0 aliphatic rings. The second-order valence-electron chi connectivity index (χ2n) is 9.70. The third-order valence-corrected chi connectivity index (χ3v) is 7.36. The van der Waals surface area contributed by atoms with Crippen molar-refractivity contribution in [2.75, 3.05) is 13.2 Å². The number of aromatic amines is 3. The summed E-state index contributed by atoms with van der Waals surface area (Å²) in [7, 11) is 0. The van der Waals surface area contributed by atoms with Crippen molar-refractivity contribution in [3.05, 3.63) is 68.9 Å². The number of Topliss-reactive ketones (excluding diaryl/α,β-unsaturated/α-hetero) is 1. The highest BCUT2D eigenvalue weighted by molar-refractivity contribution is 6.18. The maximum Gasteiger partial charge on any atom is 0.355 e.